The Morgan fingerprint density at radius 1 is 1.26 bits per heavy atom. The fourth-order valence-electron chi connectivity index (χ4n) is 3.92. The van der Waals surface area contributed by atoms with Gasteiger partial charge in [-0.3, -0.25) is 4.90 Å². The van der Waals surface area contributed by atoms with E-state index in [0.29, 0.717) is 23.5 Å². The van der Waals surface area contributed by atoms with Crippen LogP contribution in [0.2, 0.25) is 0 Å². The highest BCUT2D eigenvalue weighted by molar-refractivity contribution is 7.91. The van der Waals surface area contributed by atoms with E-state index in [4.69, 9.17) is 0 Å². The average Bonchev–Trinajstić information content (AvgIpc) is 2.85. The van der Waals surface area contributed by atoms with Gasteiger partial charge >= 0.3 is 0 Å². The lowest BCUT2D eigenvalue weighted by molar-refractivity contribution is 0.254. The number of sulfone groups is 1. The molecule has 5 heteroatoms. The van der Waals surface area contributed by atoms with Gasteiger partial charge in [-0.15, -0.1) is 0 Å². The van der Waals surface area contributed by atoms with E-state index in [-0.39, 0.29) is 6.04 Å². The fraction of sp³-hybridized carbons (Fsp3) is 0.667. The normalized spacial score (nSPS) is 31.3. The zero-order chi connectivity index (χ0) is 16.3. The molecule has 0 aromatic heterocycles. The van der Waals surface area contributed by atoms with Crippen LogP contribution in [0.3, 0.4) is 0 Å². The van der Waals surface area contributed by atoms with Crippen molar-refractivity contribution in [3.05, 3.63) is 35.9 Å². The molecular formula is C18H28N2O2S. The van der Waals surface area contributed by atoms with Crippen molar-refractivity contribution in [2.24, 2.45) is 5.92 Å². The molecule has 0 unspecified atom stereocenters. The molecule has 1 aromatic rings. The first kappa shape index (κ1) is 16.9. The summed E-state index contributed by atoms with van der Waals surface area (Å²) in [4.78, 5) is 2.54. The molecule has 2 saturated heterocycles. The minimum absolute atomic E-state index is 0.159. The van der Waals surface area contributed by atoms with Crippen LogP contribution in [-0.2, 0) is 16.4 Å². The molecule has 3 rings (SSSR count). The third kappa shape index (κ3) is 4.78. The van der Waals surface area contributed by atoms with Gasteiger partial charge < -0.3 is 5.32 Å². The topological polar surface area (TPSA) is 49.4 Å². The third-order valence-corrected chi connectivity index (χ3v) is 7.00. The summed E-state index contributed by atoms with van der Waals surface area (Å²) >= 11 is 0. The molecule has 23 heavy (non-hydrogen) atoms. The highest BCUT2D eigenvalue weighted by Crippen LogP contribution is 2.25. The Kier molecular flexibility index (Phi) is 5.39. The van der Waals surface area contributed by atoms with E-state index in [1.807, 2.05) is 0 Å². The number of rotatable bonds is 5. The minimum Gasteiger partial charge on any atom is -0.313 e. The van der Waals surface area contributed by atoms with Crippen LogP contribution in [-0.4, -0.2) is 50.0 Å². The number of likely N-dealkylation sites (tertiary alicyclic amines) is 1. The number of benzene rings is 1. The number of hydrogen-bond donors (Lipinski definition) is 1. The van der Waals surface area contributed by atoms with Gasteiger partial charge in [0.15, 0.2) is 9.84 Å². The molecule has 2 aliphatic heterocycles. The average molecular weight is 337 g/mol. The van der Waals surface area contributed by atoms with Crippen LogP contribution in [0.15, 0.2) is 30.3 Å². The van der Waals surface area contributed by atoms with Gasteiger partial charge in [0.1, 0.15) is 0 Å². The smallest absolute Gasteiger partial charge is 0.151 e. The molecule has 0 spiro atoms. The van der Waals surface area contributed by atoms with E-state index in [1.165, 1.54) is 12.0 Å². The maximum absolute atomic E-state index is 11.7. The zero-order valence-electron chi connectivity index (χ0n) is 13.9. The lowest BCUT2D eigenvalue weighted by atomic mass is 10.1. The fourth-order valence-corrected chi connectivity index (χ4v) is 5.59. The van der Waals surface area contributed by atoms with E-state index >= 15 is 0 Å². The summed E-state index contributed by atoms with van der Waals surface area (Å²) in [6, 6.07) is 11.4. The Morgan fingerprint density at radius 2 is 2.04 bits per heavy atom. The second-order valence-corrected chi connectivity index (χ2v) is 9.46. The van der Waals surface area contributed by atoms with E-state index in [2.05, 4.69) is 47.5 Å². The van der Waals surface area contributed by atoms with Gasteiger partial charge in [-0.25, -0.2) is 8.42 Å². The minimum atomic E-state index is -2.81. The van der Waals surface area contributed by atoms with E-state index in [9.17, 15) is 8.42 Å². The molecule has 0 amide bonds. The summed E-state index contributed by atoms with van der Waals surface area (Å²) in [5.41, 5.74) is 1.37. The lowest BCUT2D eigenvalue weighted by Crippen LogP contribution is -2.42. The summed E-state index contributed by atoms with van der Waals surface area (Å²) in [7, 11) is -2.81. The summed E-state index contributed by atoms with van der Waals surface area (Å²) in [5, 5.41) is 3.52. The van der Waals surface area contributed by atoms with Crippen molar-refractivity contribution in [2.45, 2.75) is 44.8 Å². The molecule has 2 aliphatic rings. The number of nitrogens with one attached hydrogen (secondary N) is 1. The van der Waals surface area contributed by atoms with Crippen LogP contribution in [0.5, 0.6) is 0 Å². The van der Waals surface area contributed by atoms with Gasteiger partial charge in [-0.2, -0.15) is 0 Å². The van der Waals surface area contributed by atoms with Gasteiger partial charge in [0.2, 0.25) is 0 Å². The molecule has 0 saturated carbocycles. The van der Waals surface area contributed by atoms with Crippen molar-refractivity contribution in [2.75, 3.05) is 24.6 Å². The van der Waals surface area contributed by atoms with Crippen LogP contribution in [0.25, 0.3) is 0 Å². The van der Waals surface area contributed by atoms with Crippen molar-refractivity contribution in [1.82, 2.24) is 10.2 Å². The first-order valence-electron chi connectivity index (χ1n) is 8.73. The second-order valence-electron chi connectivity index (χ2n) is 7.23. The molecular weight excluding hydrogens is 308 g/mol. The zero-order valence-corrected chi connectivity index (χ0v) is 14.8. The molecule has 128 valence electrons. The lowest BCUT2D eigenvalue weighted by Gasteiger charge is -2.24. The Morgan fingerprint density at radius 3 is 2.78 bits per heavy atom. The van der Waals surface area contributed by atoms with Gasteiger partial charge in [0.25, 0.3) is 0 Å². The molecule has 0 bridgehead atoms. The van der Waals surface area contributed by atoms with Gasteiger partial charge in [-0.05, 0) is 44.2 Å². The highest BCUT2D eigenvalue weighted by atomic mass is 32.2. The maximum Gasteiger partial charge on any atom is 0.151 e. The van der Waals surface area contributed by atoms with Crippen molar-refractivity contribution >= 4 is 9.84 Å². The predicted octanol–water partition coefficient (Wildman–Crippen LogP) is 2.06. The first-order chi connectivity index (χ1) is 11.0. The number of nitrogens with zero attached hydrogens (tertiary/aromatic N) is 1. The van der Waals surface area contributed by atoms with Gasteiger partial charge in [0.05, 0.1) is 11.5 Å². The Labute approximate surface area is 140 Å². The number of hydrogen-bond acceptors (Lipinski definition) is 4. The quantitative estimate of drug-likeness (QED) is 0.894. The molecule has 1 aromatic carbocycles. The highest BCUT2D eigenvalue weighted by Gasteiger charge is 2.30. The van der Waals surface area contributed by atoms with Crippen molar-refractivity contribution in [3.63, 3.8) is 0 Å². The maximum atomic E-state index is 11.7. The van der Waals surface area contributed by atoms with Crippen LogP contribution in [0.4, 0.5) is 0 Å². The predicted molar refractivity (Wildman–Crippen MR) is 94.1 cm³/mol. The van der Waals surface area contributed by atoms with Crippen molar-refractivity contribution in [1.29, 1.82) is 0 Å². The Balaban J connectivity index is 1.47. The first-order valence-corrected chi connectivity index (χ1v) is 10.6. The Bertz CT molecular complexity index is 603. The summed E-state index contributed by atoms with van der Waals surface area (Å²) in [6.45, 7) is 5.35. The molecule has 0 radical (unpaired) electrons. The van der Waals surface area contributed by atoms with Gasteiger partial charge in [0, 0.05) is 25.2 Å². The van der Waals surface area contributed by atoms with Crippen LogP contribution in [0.1, 0.15) is 31.7 Å². The monoisotopic (exact) mass is 336 g/mol. The molecule has 2 fully saturated rings. The van der Waals surface area contributed by atoms with E-state index < -0.39 is 9.84 Å². The standard InChI is InChI=1S/C18H28N2O2S/c1-15-10-17(11-19-18-8-5-9-23(21,22)14-18)13-20(15)12-16-6-3-2-4-7-16/h2-4,6-7,15,17-19H,5,8-14H2,1H3/t15-,17-,18+/m1/s1. The SMILES string of the molecule is C[C@@H]1C[C@H](CN[C@H]2CCCS(=O)(=O)C2)CN1Cc1ccccc1. The third-order valence-electron chi connectivity index (χ3n) is 5.18. The molecule has 4 nitrogen and oxygen atoms in total. The largest absolute Gasteiger partial charge is 0.313 e. The summed E-state index contributed by atoms with van der Waals surface area (Å²) < 4.78 is 23.4. The van der Waals surface area contributed by atoms with E-state index in [0.717, 1.165) is 32.5 Å². The molecule has 0 aliphatic carbocycles. The van der Waals surface area contributed by atoms with Crippen molar-refractivity contribution in [3.8, 4) is 0 Å². The molecule has 2 heterocycles. The van der Waals surface area contributed by atoms with Crippen LogP contribution in [0, 0.1) is 5.92 Å². The van der Waals surface area contributed by atoms with E-state index in [1.54, 1.807) is 0 Å². The molecule has 1 N–H and O–H groups in total. The summed E-state index contributed by atoms with van der Waals surface area (Å²) in [6.07, 6.45) is 3.00. The van der Waals surface area contributed by atoms with Gasteiger partial charge in [-0.1, -0.05) is 30.3 Å². The van der Waals surface area contributed by atoms with Crippen LogP contribution >= 0.6 is 0 Å². The van der Waals surface area contributed by atoms with Crippen LogP contribution < -0.4 is 5.32 Å². The second kappa shape index (κ2) is 7.32. The van der Waals surface area contributed by atoms with Crippen molar-refractivity contribution < 1.29 is 8.42 Å². The summed E-state index contributed by atoms with van der Waals surface area (Å²) in [5.74, 6) is 1.32. The Hall–Kier alpha value is -0.910. The molecule has 3 atom stereocenters.